The first kappa shape index (κ1) is 18.6. The Kier molecular flexibility index (Phi) is 6.81. The molecule has 0 radical (unpaired) electrons. The molecule has 2 aromatic carbocycles. The van der Waals surface area contributed by atoms with Gasteiger partial charge in [0.15, 0.2) is 0 Å². The van der Waals surface area contributed by atoms with Crippen LogP contribution in [0.3, 0.4) is 0 Å². The molecule has 4 heteroatoms. The van der Waals surface area contributed by atoms with E-state index in [1.165, 1.54) is 5.56 Å². The van der Waals surface area contributed by atoms with Crippen LogP contribution in [0.4, 0.5) is 0 Å². The van der Waals surface area contributed by atoms with E-state index in [4.69, 9.17) is 9.47 Å². The predicted octanol–water partition coefficient (Wildman–Crippen LogP) is 3.62. The van der Waals surface area contributed by atoms with Crippen molar-refractivity contribution in [2.45, 2.75) is 31.4 Å². The van der Waals surface area contributed by atoms with E-state index in [1.807, 2.05) is 41.3 Å². The molecular formula is C22H27NO3. The van der Waals surface area contributed by atoms with Crippen molar-refractivity contribution >= 4 is 5.91 Å². The molecule has 1 aliphatic heterocycles. The number of benzene rings is 2. The topological polar surface area (TPSA) is 38.8 Å². The zero-order valence-corrected chi connectivity index (χ0v) is 15.3. The number of ether oxygens (including phenoxy) is 2. The highest BCUT2D eigenvalue weighted by Gasteiger charge is 2.35. The van der Waals surface area contributed by atoms with Gasteiger partial charge < -0.3 is 14.4 Å². The molecular weight excluding hydrogens is 326 g/mol. The van der Waals surface area contributed by atoms with Crippen LogP contribution in [-0.4, -0.2) is 43.8 Å². The number of hydrogen-bond donors (Lipinski definition) is 0. The zero-order chi connectivity index (χ0) is 18.2. The molecule has 0 spiro atoms. The van der Waals surface area contributed by atoms with Gasteiger partial charge in [0.1, 0.15) is 6.10 Å². The van der Waals surface area contributed by atoms with Crippen molar-refractivity contribution in [2.24, 2.45) is 0 Å². The Hall–Kier alpha value is -2.17. The van der Waals surface area contributed by atoms with Gasteiger partial charge in [0.05, 0.1) is 19.3 Å². The summed E-state index contributed by atoms with van der Waals surface area (Å²) in [6.45, 7) is 1.67. The summed E-state index contributed by atoms with van der Waals surface area (Å²) in [5, 5.41) is 0. The molecule has 2 atom stereocenters. The molecule has 4 nitrogen and oxygen atoms in total. The van der Waals surface area contributed by atoms with Crippen LogP contribution in [-0.2, 0) is 20.7 Å². The summed E-state index contributed by atoms with van der Waals surface area (Å²) in [7, 11) is 1.67. The van der Waals surface area contributed by atoms with E-state index >= 15 is 0 Å². The van der Waals surface area contributed by atoms with E-state index in [2.05, 4.69) is 24.3 Å². The lowest BCUT2D eigenvalue weighted by Gasteiger charge is -2.41. The monoisotopic (exact) mass is 353 g/mol. The van der Waals surface area contributed by atoms with Crippen molar-refractivity contribution in [2.75, 3.05) is 26.9 Å². The Balaban J connectivity index is 1.67. The van der Waals surface area contributed by atoms with E-state index in [0.29, 0.717) is 26.2 Å². The molecule has 3 rings (SSSR count). The standard InChI is InChI=1S/C22H27NO3/c1-25-17-20-22(19-12-6-3-7-13-19)23(15-16-26-20)21(24)14-8-11-18-9-4-2-5-10-18/h2-7,9-10,12-13,20,22H,8,11,14-17H2,1H3/t20-,22-/m0/s1. The number of morpholine rings is 1. The fourth-order valence-corrected chi connectivity index (χ4v) is 3.59. The van der Waals surface area contributed by atoms with Gasteiger partial charge in [-0.3, -0.25) is 4.79 Å². The average molecular weight is 353 g/mol. The number of rotatable bonds is 7. The normalized spacial score (nSPS) is 20.1. The summed E-state index contributed by atoms with van der Waals surface area (Å²) in [5.41, 5.74) is 2.38. The molecule has 1 fully saturated rings. The van der Waals surface area contributed by atoms with Crippen molar-refractivity contribution < 1.29 is 14.3 Å². The summed E-state index contributed by atoms with van der Waals surface area (Å²) in [6, 6.07) is 20.4. The van der Waals surface area contributed by atoms with Crippen LogP contribution in [0.25, 0.3) is 0 Å². The van der Waals surface area contributed by atoms with E-state index in [9.17, 15) is 4.79 Å². The van der Waals surface area contributed by atoms with Crippen molar-refractivity contribution in [1.82, 2.24) is 4.90 Å². The molecule has 1 heterocycles. The van der Waals surface area contributed by atoms with Gasteiger partial charge in [-0.25, -0.2) is 0 Å². The molecule has 1 amide bonds. The minimum absolute atomic E-state index is 0.0888. The number of carbonyl (C=O) groups excluding carboxylic acids is 1. The van der Waals surface area contributed by atoms with Crippen molar-refractivity contribution in [1.29, 1.82) is 0 Å². The first-order valence-electron chi connectivity index (χ1n) is 9.28. The van der Waals surface area contributed by atoms with Crippen LogP contribution in [0, 0.1) is 0 Å². The second-order valence-corrected chi connectivity index (χ2v) is 6.65. The fourth-order valence-electron chi connectivity index (χ4n) is 3.59. The minimum atomic E-state index is -0.130. The predicted molar refractivity (Wildman–Crippen MR) is 102 cm³/mol. The third-order valence-corrected chi connectivity index (χ3v) is 4.84. The van der Waals surface area contributed by atoms with Crippen molar-refractivity contribution in [3.05, 3.63) is 71.8 Å². The molecule has 26 heavy (non-hydrogen) atoms. The Bertz CT molecular complexity index is 672. The molecule has 0 aliphatic carbocycles. The largest absolute Gasteiger partial charge is 0.382 e. The molecule has 0 bridgehead atoms. The number of methoxy groups -OCH3 is 1. The van der Waals surface area contributed by atoms with Gasteiger partial charge in [-0.05, 0) is 24.0 Å². The maximum absolute atomic E-state index is 13.0. The Labute approximate surface area is 155 Å². The van der Waals surface area contributed by atoms with Gasteiger partial charge in [-0.15, -0.1) is 0 Å². The van der Waals surface area contributed by atoms with E-state index in [0.717, 1.165) is 18.4 Å². The highest BCUT2D eigenvalue weighted by Crippen LogP contribution is 2.30. The maximum Gasteiger partial charge on any atom is 0.223 e. The highest BCUT2D eigenvalue weighted by molar-refractivity contribution is 5.77. The first-order valence-corrected chi connectivity index (χ1v) is 9.28. The van der Waals surface area contributed by atoms with Gasteiger partial charge in [0, 0.05) is 20.1 Å². The fraction of sp³-hybridized carbons (Fsp3) is 0.409. The minimum Gasteiger partial charge on any atom is -0.382 e. The summed E-state index contributed by atoms with van der Waals surface area (Å²) in [6.07, 6.45) is 2.21. The summed E-state index contributed by atoms with van der Waals surface area (Å²) < 4.78 is 11.3. The molecule has 1 aliphatic rings. The molecule has 0 saturated carbocycles. The van der Waals surface area contributed by atoms with Crippen LogP contribution in [0.1, 0.15) is 30.0 Å². The molecule has 1 saturated heterocycles. The van der Waals surface area contributed by atoms with Gasteiger partial charge in [-0.1, -0.05) is 60.7 Å². The van der Waals surface area contributed by atoms with E-state index in [-0.39, 0.29) is 18.1 Å². The molecule has 138 valence electrons. The Morgan fingerprint density at radius 2 is 1.81 bits per heavy atom. The molecule has 0 aromatic heterocycles. The van der Waals surface area contributed by atoms with Crippen molar-refractivity contribution in [3.8, 4) is 0 Å². The third kappa shape index (κ3) is 4.71. The summed E-state index contributed by atoms with van der Waals surface area (Å²) in [5.74, 6) is 0.194. The Morgan fingerprint density at radius 1 is 1.12 bits per heavy atom. The van der Waals surface area contributed by atoms with Gasteiger partial charge in [-0.2, -0.15) is 0 Å². The molecule has 0 N–H and O–H groups in total. The lowest BCUT2D eigenvalue weighted by Crippen LogP contribution is -2.49. The van der Waals surface area contributed by atoms with E-state index in [1.54, 1.807) is 7.11 Å². The van der Waals surface area contributed by atoms with Crippen molar-refractivity contribution in [3.63, 3.8) is 0 Å². The second-order valence-electron chi connectivity index (χ2n) is 6.65. The summed E-state index contributed by atoms with van der Waals surface area (Å²) >= 11 is 0. The van der Waals surface area contributed by atoms with Crippen LogP contribution in [0.15, 0.2) is 60.7 Å². The molecule has 2 aromatic rings. The number of hydrogen-bond acceptors (Lipinski definition) is 3. The third-order valence-electron chi connectivity index (χ3n) is 4.84. The maximum atomic E-state index is 13.0. The van der Waals surface area contributed by atoms with Gasteiger partial charge in [0.25, 0.3) is 0 Å². The lowest BCUT2D eigenvalue weighted by molar-refractivity contribution is -0.151. The number of nitrogens with zero attached hydrogens (tertiary/aromatic N) is 1. The van der Waals surface area contributed by atoms with Gasteiger partial charge >= 0.3 is 0 Å². The summed E-state index contributed by atoms with van der Waals surface area (Å²) in [4.78, 5) is 14.9. The van der Waals surface area contributed by atoms with Crippen LogP contribution < -0.4 is 0 Å². The SMILES string of the molecule is COC[C@@H]1OCCN(C(=O)CCCc2ccccc2)[C@H]1c1ccccc1. The smallest absolute Gasteiger partial charge is 0.223 e. The quantitative estimate of drug-likeness (QED) is 0.763. The zero-order valence-electron chi connectivity index (χ0n) is 15.3. The van der Waals surface area contributed by atoms with Crippen LogP contribution in [0.5, 0.6) is 0 Å². The second kappa shape index (κ2) is 9.51. The van der Waals surface area contributed by atoms with Gasteiger partial charge in [0.2, 0.25) is 5.91 Å². The Morgan fingerprint density at radius 3 is 2.50 bits per heavy atom. The number of carbonyl (C=O) groups is 1. The lowest BCUT2D eigenvalue weighted by atomic mass is 9.97. The first-order chi connectivity index (χ1) is 12.8. The van der Waals surface area contributed by atoms with Crippen LogP contribution >= 0.6 is 0 Å². The van der Waals surface area contributed by atoms with E-state index < -0.39 is 0 Å². The number of aryl methyl sites for hydroxylation is 1. The number of amides is 1. The average Bonchev–Trinajstić information content (AvgIpc) is 2.69. The highest BCUT2D eigenvalue weighted by atomic mass is 16.5. The van der Waals surface area contributed by atoms with Crippen LogP contribution in [0.2, 0.25) is 0 Å². The molecule has 0 unspecified atom stereocenters.